The van der Waals surface area contributed by atoms with Gasteiger partial charge in [-0.2, -0.15) is 0 Å². The molecule has 1 aromatic heterocycles. The largest absolute Gasteiger partial charge is 0.397 e. The number of aliphatic hydroxyl groups is 1. The highest BCUT2D eigenvalue weighted by molar-refractivity contribution is 5.96. The van der Waals surface area contributed by atoms with E-state index in [0.717, 1.165) is 67.0 Å². The second-order valence-corrected chi connectivity index (χ2v) is 7.23. The van der Waals surface area contributed by atoms with Gasteiger partial charge in [-0.1, -0.05) is 6.07 Å². The number of anilines is 2. The molecule has 5 heteroatoms. The number of hydrogen-bond donors (Lipinski definition) is 3. The van der Waals surface area contributed by atoms with Gasteiger partial charge in [-0.15, -0.1) is 0 Å². The predicted molar refractivity (Wildman–Crippen MR) is 99.7 cm³/mol. The first kappa shape index (κ1) is 16.2. The van der Waals surface area contributed by atoms with Gasteiger partial charge in [0.2, 0.25) is 0 Å². The van der Waals surface area contributed by atoms with Crippen molar-refractivity contribution in [1.82, 2.24) is 4.57 Å². The van der Waals surface area contributed by atoms with Crippen LogP contribution in [0.5, 0.6) is 0 Å². The van der Waals surface area contributed by atoms with Gasteiger partial charge in [0.05, 0.1) is 23.2 Å². The summed E-state index contributed by atoms with van der Waals surface area (Å²) in [7, 11) is 0. The van der Waals surface area contributed by atoms with E-state index in [1.54, 1.807) is 0 Å². The van der Waals surface area contributed by atoms with Gasteiger partial charge in [0.15, 0.2) is 5.78 Å². The summed E-state index contributed by atoms with van der Waals surface area (Å²) in [5.41, 5.74) is 10.8. The molecule has 5 nitrogen and oxygen atoms in total. The minimum absolute atomic E-state index is 0.161. The van der Waals surface area contributed by atoms with E-state index >= 15 is 0 Å². The van der Waals surface area contributed by atoms with Crippen LogP contribution in [0.3, 0.4) is 0 Å². The number of nitrogens with zero attached hydrogens (tertiary/aromatic N) is 1. The highest BCUT2D eigenvalue weighted by Crippen LogP contribution is 2.32. The van der Waals surface area contributed by atoms with Crippen molar-refractivity contribution in [3.8, 4) is 11.3 Å². The standard InChI is InChI=1S/C20H25N3O2/c21-16-8-3-13(12-17(16)22-14-4-6-15(24)7-5-14)18-9-10-19-20(25)2-1-11-23(18)19/h3,8-10,12,14-15,22,24H,1-2,4-7,11,21H2. The van der Waals surface area contributed by atoms with Crippen LogP contribution in [0.25, 0.3) is 11.3 Å². The third-order valence-electron chi connectivity index (χ3n) is 5.46. The number of carbonyl (C=O) groups excluding carboxylic acids is 1. The van der Waals surface area contributed by atoms with Gasteiger partial charge >= 0.3 is 0 Å². The Labute approximate surface area is 147 Å². The Hall–Kier alpha value is -2.27. The fourth-order valence-electron chi connectivity index (χ4n) is 4.01. The average molecular weight is 339 g/mol. The summed E-state index contributed by atoms with van der Waals surface area (Å²) in [6.07, 6.45) is 4.98. The number of aromatic nitrogens is 1. The molecule has 1 aliphatic carbocycles. The molecule has 4 rings (SSSR count). The highest BCUT2D eigenvalue weighted by Gasteiger charge is 2.22. The van der Waals surface area contributed by atoms with Gasteiger partial charge in [-0.25, -0.2) is 0 Å². The predicted octanol–water partition coefficient (Wildman–Crippen LogP) is 3.43. The first-order chi connectivity index (χ1) is 12.1. The molecule has 1 aliphatic heterocycles. The van der Waals surface area contributed by atoms with Crippen LogP contribution < -0.4 is 11.1 Å². The number of fused-ring (bicyclic) bond motifs is 1. The number of nitrogens with two attached hydrogens (primary N) is 1. The minimum Gasteiger partial charge on any atom is -0.397 e. The lowest BCUT2D eigenvalue weighted by Crippen LogP contribution is -2.28. The quantitative estimate of drug-likeness (QED) is 0.749. The molecule has 1 saturated carbocycles. The lowest BCUT2D eigenvalue weighted by molar-refractivity contribution is 0.0955. The third-order valence-corrected chi connectivity index (χ3v) is 5.46. The summed E-state index contributed by atoms with van der Waals surface area (Å²) in [4.78, 5) is 12.1. The summed E-state index contributed by atoms with van der Waals surface area (Å²) in [5.74, 6) is 0.229. The van der Waals surface area contributed by atoms with E-state index in [1.165, 1.54) is 0 Å². The highest BCUT2D eigenvalue weighted by atomic mass is 16.3. The maximum Gasteiger partial charge on any atom is 0.179 e. The van der Waals surface area contributed by atoms with Gasteiger partial charge in [0.1, 0.15) is 0 Å². The molecule has 2 heterocycles. The fraction of sp³-hybridized carbons (Fsp3) is 0.450. The van der Waals surface area contributed by atoms with Gasteiger partial charge in [0.25, 0.3) is 0 Å². The number of Topliss-reactive ketones (excluding diaryl/α,β-unsaturated/α-hetero) is 1. The topological polar surface area (TPSA) is 80.3 Å². The molecule has 0 atom stereocenters. The Balaban J connectivity index is 1.61. The van der Waals surface area contributed by atoms with Crippen molar-refractivity contribution in [3.63, 3.8) is 0 Å². The second kappa shape index (κ2) is 6.56. The van der Waals surface area contributed by atoms with Crippen molar-refractivity contribution in [2.75, 3.05) is 11.1 Å². The van der Waals surface area contributed by atoms with E-state index in [4.69, 9.17) is 5.73 Å². The molecule has 0 radical (unpaired) electrons. The van der Waals surface area contributed by atoms with Crippen molar-refractivity contribution < 1.29 is 9.90 Å². The number of carbonyl (C=O) groups is 1. The molecule has 2 aliphatic rings. The van der Waals surface area contributed by atoms with E-state index in [2.05, 4.69) is 16.0 Å². The minimum atomic E-state index is -0.161. The van der Waals surface area contributed by atoms with Gasteiger partial charge in [-0.3, -0.25) is 4.79 Å². The van der Waals surface area contributed by atoms with Crippen LogP contribution in [0.2, 0.25) is 0 Å². The van der Waals surface area contributed by atoms with E-state index < -0.39 is 0 Å². The molecule has 0 amide bonds. The van der Waals surface area contributed by atoms with Gasteiger partial charge in [-0.05, 0) is 56.4 Å². The molecule has 1 aromatic carbocycles. The average Bonchev–Trinajstić information content (AvgIpc) is 3.04. The number of aliphatic hydroxyl groups excluding tert-OH is 1. The Bertz CT molecular complexity index is 788. The van der Waals surface area contributed by atoms with E-state index in [0.29, 0.717) is 12.5 Å². The summed E-state index contributed by atoms with van der Waals surface area (Å²) in [6.45, 7) is 0.886. The molecular formula is C20H25N3O2. The Morgan fingerprint density at radius 1 is 1.08 bits per heavy atom. The van der Waals surface area contributed by atoms with Crippen LogP contribution in [0.1, 0.15) is 49.0 Å². The second-order valence-electron chi connectivity index (χ2n) is 7.23. The Morgan fingerprint density at radius 2 is 1.84 bits per heavy atom. The maximum absolute atomic E-state index is 12.1. The molecular weight excluding hydrogens is 314 g/mol. The number of nitrogens with one attached hydrogen (secondary N) is 1. The SMILES string of the molecule is Nc1ccc(-c2ccc3n2CCCC3=O)cc1NC1CCC(O)CC1. The normalized spacial score (nSPS) is 23.3. The number of benzene rings is 1. The number of hydrogen-bond acceptors (Lipinski definition) is 4. The first-order valence-corrected chi connectivity index (χ1v) is 9.19. The molecule has 132 valence electrons. The fourth-order valence-corrected chi connectivity index (χ4v) is 4.01. The summed E-state index contributed by atoms with van der Waals surface area (Å²) < 4.78 is 2.12. The Kier molecular flexibility index (Phi) is 4.25. The zero-order valence-electron chi connectivity index (χ0n) is 14.4. The van der Waals surface area contributed by atoms with Crippen molar-refractivity contribution in [2.45, 2.75) is 57.2 Å². The van der Waals surface area contributed by atoms with E-state index in [9.17, 15) is 9.90 Å². The molecule has 0 spiro atoms. The Morgan fingerprint density at radius 3 is 2.64 bits per heavy atom. The van der Waals surface area contributed by atoms with Crippen molar-refractivity contribution in [2.24, 2.45) is 0 Å². The van der Waals surface area contributed by atoms with Crippen molar-refractivity contribution in [1.29, 1.82) is 0 Å². The van der Waals surface area contributed by atoms with Crippen LogP contribution in [0, 0.1) is 0 Å². The number of rotatable bonds is 3. The molecule has 4 N–H and O–H groups in total. The molecule has 2 aromatic rings. The van der Waals surface area contributed by atoms with Crippen LogP contribution in [-0.2, 0) is 6.54 Å². The monoisotopic (exact) mass is 339 g/mol. The van der Waals surface area contributed by atoms with Gasteiger partial charge in [0, 0.05) is 30.3 Å². The molecule has 0 unspecified atom stereocenters. The van der Waals surface area contributed by atoms with E-state index in [1.807, 2.05) is 24.3 Å². The van der Waals surface area contributed by atoms with Crippen molar-refractivity contribution >= 4 is 17.2 Å². The third kappa shape index (κ3) is 3.16. The lowest BCUT2D eigenvalue weighted by atomic mass is 9.93. The van der Waals surface area contributed by atoms with Crippen LogP contribution in [-0.4, -0.2) is 27.6 Å². The van der Waals surface area contributed by atoms with Crippen molar-refractivity contribution in [3.05, 3.63) is 36.0 Å². The van der Waals surface area contributed by atoms with Crippen LogP contribution in [0.15, 0.2) is 30.3 Å². The number of nitrogen functional groups attached to an aromatic ring is 1. The number of ketones is 1. The molecule has 25 heavy (non-hydrogen) atoms. The van der Waals surface area contributed by atoms with E-state index in [-0.39, 0.29) is 11.9 Å². The van der Waals surface area contributed by atoms with Crippen LogP contribution in [0.4, 0.5) is 11.4 Å². The lowest BCUT2D eigenvalue weighted by Gasteiger charge is -2.27. The molecule has 0 saturated heterocycles. The summed E-state index contributed by atoms with van der Waals surface area (Å²) in [6, 6.07) is 10.4. The summed E-state index contributed by atoms with van der Waals surface area (Å²) >= 11 is 0. The maximum atomic E-state index is 12.1. The van der Waals surface area contributed by atoms with Crippen LogP contribution >= 0.6 is 0 Å². The smallest absolute Gasteiger partial charge is 0.179 e. The first-order valence-electron chi connectivity index (χ1n) is 9.19. The van der Waals surface area contributed by atoms with Gasteiger partial charge < -0.3 is 20.7 Å². The summed E-state index contributed by atoms with van der Waals surface area (Å²) in [5, 5.41) is 13.2. The molecule has 1 fully saturated rings. The molecule has 0 bridgehead atoms. The zero-order chi connectivity index (χ0) is 17.4. The zero-order valence-corrected chi connectivity index (χ0v) is 14.4.